The topological polar surface area (TPSA) is 81.2 Å². The summed E-state index contributed by atoms with van der Waals surface area (Å²) in [6.45, 7) is 0. The highest BCUT2D eigenvalue weighted by Gasteiger charge is 2.10. The number of hydrogen-bond donors (Lipinski definition) is 2. The van der Waals surface area contributed by atoms with Gasteiger partial charge in [-0.25, -0.2) is 4.39 Å². The minimum Gasteiger partial charge on any atom is -0.397 e. The van der Waals surface area contributed by atoms with Crippen molar-refractivity contribution < 1.29 is 9.31 Å². The van der Waals surface area contributed by atoms with Crippen molar-refractivity contribution in [2.75, 3.05) is 11.1 Å². The lowest BCUT2D eigenvalue weighted by atomic mass is 10.2. The first-order chi connectivity index (χ1) is 8.97. The zero-order valence-corrected chi connectivity index (χ0v) is 11.7. The second-order valence-corrected chi connectivity index (χ2v) is 4.94. The highest BCUT2D eigenvalue weighted by molar-refractivity contribution is 14.1. The van der Waals surface area contributed by atoms with Crippen LogP contribution in [0.5, 0.6) is 0 Å². The maximum atomic E-state index is 13.0. The number of halogens is 2. The van der Waals surface area contributed by atoms with Crippen LogP contribution < -0.4 is 11.1 Å². The molecule has 0 radical (unpaired) electrons. The zero-order chi connectivity index (χ0) is 14.0. The summed E-state index contributed by atoms with van der Waals surface area (Å²) in [5.41, 5.74) is 7.15. The van der Waals surface area contributed by atoms with Crippen molar-refractivity contribution in [3.63, 3.8) is 0 Å². The molecule has 0 aliphatic heterocycles. The Kier molecular flexibility index (Phi) is 3.84. The standard InChI is InChI=1S/C12H9FIN3O2/c13-7-1-3-11(9(14)5-7)16-12-4-2-8(17(18)19)6-10(12)15/h1-6,16H,15H2. The van der Waals surface area contributed by atoms with Crippen molar-refractivity contribution in [3.8, 4) is 0 Å². The van der Waals surface area contributed by atoms with E-state index in [1.54, 1.807) is 6.07 Å². The van der Waals surface area contributed by atoms with E-state index in [-0.39, 0.29) is 17.2 Å². The Morgan fingerprint density at radius 2 is 1.89 bits per heavy atom. The third-order valence-corrected chi connectivity index (χ3v) is 3.34. The number of nitrogens with two attached hydrogens (primary N) is 1. The van der Waals surface area contributed by atoms with Gasteiger partial charge < -0.3 is 11.1 Å². The number of non-ortho nitro benzene ring substituents is 1. The molecule has 0 amide bonds. The Bertz CT molecular complexity index is 649. The summed E-state index contributed by atoms with van der Waals surface area (Å²) in [6.07, 6.45) is 0. The van der Waals surface area contributed by atoms with E-state index in [0.717, 1.165) is 0 Å². The van der Waals surface area contributed by atoms with Crippen molar-refractivity contribution in [1.29, 1.82) is 0 Å². The van der Waals surface area contributed by atoms with Gasteiger partial charge in [0.15, 0.2) is 0 Å². The molecule has 19 heavy (non-hydrogen) atoms. The summed E-state index contributed by atoms with van der Waals surface area (Å²) in [7, 11) is 0. The quantitative estimate of drug-likeness (QED) is 0.372. The number of nitro groups is 1. The molecule has 7 heteroatoms. The molecule has 0 aliphatic rings. The molecular weight excluding hydrogens is 364 g/mol. The van der Waals surface area contributed by atoms with Gasteiger partial charge in [-0.05, 0) is 46.9 Å². The second-order valence-electron chi connectivity index (χ2n) is 3.78. The molecule has 0 heterocycles. The molecule has 0 aromatic heterocycles. The van der Waals surface area contributed by atoms with E-state index in [9.17, 15) is 14.5 Å². The van der Waals surface area contributed by atoms with Crippen LogP contribution in [0, 0.1) is 19.5 Å². The number of hydrogen-bond acceptors (Lipinski definition) is 4. The molecular formula is C12H9FIN3O2. The fourth-order valence-corrected chi connectivity index (χ4v) is 2.13. The minimum atomic E-state index is -0.512. The smallest absolute Gasteiger partial charge is 0.271 e. The van der Waals surface area contributed by atoms with Crippen LogP contribution in [-0.2, 0) is 0 Å². The van der Waals surface area contributed by atoms with Crippen LogP contribution in [0.15, 0.2) is 36.4 Å². The fraction of sp³-hybridized carbons (Fsp3) is 0. The van der Waals surface area contributed by atoms with E-state index in [2.05, 4.69) is 5.32 Å². The van der Waals surface area contributed by atoms with Gasteiger partial charge in [0.2, 0.25) is 0 Å². The first kappa shape index (κ1) is 13.5. The minimum absolute atomic E-state index is 0.0724. The molecule has 98 valence electrons. The Hall–Kier alpha value is -1.90. The Morgan fingerprint density at radius 1 is 1.21 bits per heavy atom. The van der Waals surface area contributed by atoms with Gasteiger partial charge in [-0.3, -0.25) is 10.1 Å². The lowest BCUT2D eigenvalue weighted by Crippen LogP contribution is -1.99. The third-order valence-electron chi connectivity index (χ3n) is 2.45. The SMILES string of the molecule is Nc1cc([N+](=O)[O-])ccc1Nc1ccc(F)cc1I. The Balaban J connectivity index is 2.31. The van der Waals surface area contributed by atoms with Crippen molar-refractivity contribution in [1.82, 2.24) is 0 Å². The second kappa shape index (κ2) is 5.39. The number of nitrogens with one attached hydrogen (secondary N) is 1. The van der Waals surface area contributed by atoms with Crippen LogP contribution >= 0.6 is 22.6 Å². The molecule has 0 atom stereocenters. The molecule has 0 fully saturated rings. The number of nitrogen functional groups attached to an aromatic ring is 1. The highest BCUT2D eigenvalue weighted by atomic mass is 127. The van der Waals surface area contributed by atoms with Crippen molar-refractivity contribution in [2.24, 2.45) is 0 Å². The van der Waals surface area contributed by atoms with Crippen LogP contribution in [0.25, 0.3) is 0 Å². The number of benzene rings is 2. The molecule has 2 rings (SSSR count). The predicted octanol–water partition coefficient (Wildman–Crippen LogP) is 3.66. The van der Waals surface area contributed by atoms with Crippen LogP contribution in [0.1, 0.15) is 0 Å². The Morgan fingerprint density at radius 3 is 2.47 bits per heavy atom. The molecule has 0 spiro atoms. The van der Waals surface area contributed by atoms with Gasteiger partial charge in [-0.1, -0.05) is 0 Å². The maximum absolute atomic E-state index is 13.0. The summed E-state index contributed by atoms with van der Waals surface area (Å²) in [6, 6.07) is 8.44. The van der Waals surface area contributed by atoms with E-state index in [1.807, 2.05) is 22.6 Å². The van der Waals surface area contributed by atoms with Crippen molar-refractivity contribution >= 4 is 45.3 Å². The molecule has 0 saturated heterocycles. The fourth-order valence-electron chi connectivity index (χ4n) is 1.51. The molecule has 5 nitrogen and oxygen atoms in total. The zero-order valence-electron chi connectivity index (χ0n) is 9.56. The number of nitrogens with zero attached hydrogens (tertiary/aromatic N) is 1. The van der Waals surface area contributed by atoms with Crippen LogP contribution in [-0.4, -0.2) is 4.92 Å². The molecule has 2 aromatic rings. The number of anilines is 3. The van der Waals surface area contributed by atoms with Gasteiger partial charge in [0.25, 0.3) is 5.69 Å². The van der Waals surface area contributed by atoms with E-state index in [1.165, 1.54) is 30.3 Å². The molecule has 0 bridgehead atoms. The first-order valence-electron chi connectivity index (χ1n) is 5.23. The van der Waals surface area contributed by atoms with E-state index in [0.29, 0.717) is 14.9 Å². The lowest BCUT2D eigenvalue weighted by Gasteiger charge is -2.10. The molecule has 3 N–H and O–H groups in total. The van der Waals surface area contributed by atoms with Gasteiger partial charge >= 0.3 is 0 Å². The number of rotatable bonds is 3. The highest BCUT2D eigenvalue weighted by Crippen LogP contribution is 2.29. The number of nitro benzene ring substituents is 1. The summed E-state index contributed by atoms with van der Waals surface area (Å²) in [5, 5.41) is 13.6. The molecule has 2 aromatic carbocycles. The summed E-state index contributed by atoms with van der Waals surface area (Å²) < 4.78 is 13.7. The largest absolute Gasteiger partial charge is 0.397 e. The molecule has 0 aliphatic carbocycles. The van der Waals surface area contributed by atoms with E-state index >= 15 is 0 Å². The van der Waals surface area contributed by atoms with Gasteiger partial charge in [-0.2, -0.15) is 0 Å². The normalized spacial score (nSPS) is 10.2. The summed E-state index contributed by atoms with van der Waals surface area (Å²) >= 11 is 1.99. The van der Waals surface area contributed by atoms with Gasteiger partial charge in [-0.15, -0.1) is 0 Å². The van der Waals surface area contributed by atoms with Crippen LogP contribution in [0.3, 0.4) is 0 Å². The van der Waals surface area contributed by atoms with Crippen molar-refractivity contribution in [3.05, 3.63) is 55.9 Å². The predicted molar refractivity (Wildman–Crippen MR) is 79.9 cm³/mol. The average molecular weight is 373 g/mol. The third kappa shape index (κ3) is 3.11. The monoisotopic (exact) mass is 373 g/mol. The van der Waals surface area contributed by atoms with E-state index < -0.39 is 4.92 Å². The maximum Gasteiger partial charge on any atom is 0.271 e. The van der Waals surface area contributed by atoms with Gasteiger partial charge in [0.1, 0.15) is 5.82 Å². The van der Waals surface area contributed by atoms with E-state index in [4.69, 9.17) is 5.73 Å². The Labute approximate surface area is 121 Å². The molecule has 0 unspecified atom stereocenters. The lowest BCUT2D eigenvalue weighted by molar-refractivity contribution is -0.384. The van der Waals surface area contributed by atoms with Gasteiger partial charge in [0.05, 0.1) is 22.0 Å². The summed E-state index contributed by atoms with van der Waals surface area (Å²) in [5.74, 6) is -0.327. The van der Waals surface area contributed by atoms with Crippen LogP contribution in [0.4, 0.5) is 27.1 Å². The van der Waals surface area contributed by atoms with Crippen LogP contribution in [0.2, 0.25) is 0 Å². The molecule has 0 saturated carbocycles. The van der Waals surface area contributed by atoms with Crippen molar-refractivity contribution in [2.45, 2.75) is 0 Å². The summed E-state index contributed by atoms with van der Waals surface area (Å²) in [4.78, 5) is 10.1. The van der Waals surface area contributed by atoms with Gasteiger partial charge in [0, 0.05) is 15.7 Å². The average Bonchev–Trinajstić information content (AvgIpc) is 2.34. The first-order valence-corrected chi connectivity index (χ1v) is 6.31.